The lowest BCUT2D eigenvalue weighted by atomic mass is 10.1. The zero-order valence-electron chi connectivity index (χ0n) is 13.1. The van der Waals surface area contributed by atoms with Gasteiger partial charge in [0, 0.05) is 11.8 Å². The van der Waals surface area contributed by atoms with Crippen LogP contribution in [0.3, 0.4) is 0 Å². The summed E-state index contributed by atoms with van der Waals surface area (Å²) >= 11 is 0. The minimum atomic E-state index is -4.40. The van der Waals surface area contributed by atoms with E-state index < -0.39 is 23.5 Å². The number of hydrogen-bond acceptors (Lipinski definition) is 1. The van der Waals surface area contributed by atoms with Crippen molar-refractivity contribution in [3.8, 4) is 11.3 Å². The van der Waals surface area contributed by atoms with Gasteiger partial charge in [-0.1, -0.05) is 24.3 Å². The molecule has 0 unspecified atom stereocenters. The minimum Gasteiger partial charge on any atom is -0.268 e. The van der Waals surface area contributed by atoms with Gasteiger partial charge in [0.1, 0.15) is 0 Å². The van der Waals surface area contributed by atoms with Crippen molar-refractivity contribution >= 4 is 0 Å². The molecule has 0 bridgehead atoms. The molecule has 0 radical (unpaired) electrons. The van der Waals surface area contributed by atoms with Crippen molar-refractivity contribution in [2.75, 3.05) is 0 Å². The number of aromatic nitrogens is 2. The molecule has 8 heteroatoms. The van der Waals surface area contributed by atoms with Gasteiger partial charge in [0.05, 0.1) is 23.4 Å². The Balaban J connectivity index is 1.74. The molecule has 0 fully saturated rings. The summed E-state index contributed by atoms with van der Waals surface area (Å²) in [6.07, 6.45) is -7.18. The molecule has 3 rings (SSSR count). The van der Waals surface area contributed by atoms with Gasteiger partial charge in [-0.05, 0) is 35.9 Å². The van der Waals surface area contributed by atoms with Crippen LogP contribution in [-0.4, -0.2) is 9.78 Å². The lowest BCUT2D eigenvalue weighted by molar-refractivity contribution is -0.138. The molecular weight excluding hydrogens is 358 g/mol. The number of rotatable bonds is 3. The predicted molar refractivity (Wildman–Crippen MR) is 83.2 cm³/mol. The van der Waals surface area contributed by atoms with Crippen LogP contribution >= 0.6 is 0 Å². The van der Waals surface area contributed by atoms with Gasteiger partial charge in [0.25, 0.3) is 0 Å². The van der Waals surface area contributed by atoms with E-state index >= 15 is 0 Å². The van der Waals surface area contributed by atoms with Crippen LogP contribution in [0.1, 0.15) is 16.7 Å². The normalized spacial score (nSPS) is 12.4. The third kappa shape index (κ3) is 4.07. The molecule has 0 aliphatic heterocycles. The monoisotopic (exact) mass is 370 g/mol. The molecule has 1 heterocycles. The largest absolute Gasteiger partial charge is 0.416 e. The molecule has 0 atom stereocenters. The van der Waals surface area contributed by atoms with Crippen molar-refractivity contribution in [1.82, 2.24) is 9.78 Å². The molecule has 0 saturated heterocycles. The second kappa shape index (κ2) is 6.51. The minimum absolute atomic E-state index is 0.249. The van der Waals surface area contributed by atoms with Crippen molar-refractivity contribution in [2.45, 2.75) is 18.9 Å². The maximum Gasteiger partial charge on any atom is 0.416 e. The van der Waals surface area contributed by atoms with E-state index in [2.05, 4.69) is 5.10 Å². The van der Waals surface area contributed by atoms with Crippen molar-refractivity contribution in [3.63, 3.8) is 0 Å². The summed E-state index contributed by atoms with van der Waals surface area (Å²) < 4.78 is 76.9. The fourth-order valence-electron chi connectivity index (χ4n) is 2.42. The van der Waals surface area contributed by atoms with Crippen LogP contribution in [0.15, 0.2) is 60.8 Å². The van der Waals surface area contributed by atoms with Gasteiger partial charge in [-0.3, -0.25) is 4.68 Å². The number of nitrogens with zero attached hydrogens (tertiary/aromatic N) is 2. The van der Waals surface area contributed by atoms with Crippen LogP contribution in [0.2, 0.25) is 0 Å². The maximum atomic E-state index is 12.6. The highest BCUT2D eigenvalue weighted by Crippen LogP contribution is 2.31. The number of halogens is 6. The first-order chi connectivity index (χ1) is 12.1. The molecule has 0 aliphatic rings. The van der Waals surface area contributed by atoms with Gasteiger partial charge >= 0.3 is 12.4 Å². The smallest absolute Gasteiger partial charge is 0.268 e. The molecule has 0 N–H and O–H groups in total. The van der Waals surface area contributed by atoms with E-state index in [0.717, 1.165) is 24.3 Å². The zero-order valence-corrected chi connectivity index (χ0v) is 13.1. The van der Waals surface area contributed by atoms with Crippen LogP contribution in [0, 0.1) is 0 Å². The van der Waals surface area contributed by atoms with E-state index in [9.17, 15) is 26.3 Å². The second-order valence-electron chi connectivity index (χ2n) is 5.67. The Bertz CT molecular complexity index is 874. The van der Waals surface area contributed by atoms with E-state index in [1.54, 1.807) is 12.3 Å². The lowest BCUT2D eigenvalue weighted by Crippen LogP contribution is -2.06. The summed E-state index contributed by atoms with van der Waals surface area (Å²) in [6.45, 7) is 0.249. The van der Waals surface area contributed by atoms with Gasteiger partial charge in [-0.25, -0.2) is 0 Å². The van der Waals surface area contributed by atoms with Crippen molar-refractivity contribution in [1.29, 1.82) is 0 Å². The highest BCUT2D eigenvalue weighted by molar-refractivity contribution is 5.59. The first-order valence-corrected chi connectivity index (χ1v) is 7.50. The first-order valence-electron chi connectivity index (χ1n) is 7.50. The zero-order chi connectivity index (χ0) is 18.9. The number of benzene rings is 2. The fraction of sp³-hybridized carbons (Fsp3) is 0.167. The second-order valence-corrected chi connectivity index (χ2v) is 5.67. The van der Waals surface area contributed by atoms with E-state index in [1.165, 1.54) is 28.9 Å². The Morgan fingerprint density at radius 3 is 1.69 bits per heavy atom. The predicted octanol–water partition coefficient (Wildman–Crippen LogP) is 5.64. The SMILES string of the molecule is FC(F)(F)c1ccc(Cn2ccc(-c3ccc(C(F)(F)F)cc3)n2)cc1. The Hall–Kier alpha value is -2.77. The molecule has 3 aromatic rings. The highest BCUT2D eigenvalue weighted by Gasteiger charge is 2.30. The van der Waals surface area contributed by atoms with E-state index in [4.69, 9.17) is 0 Å². The van der Waals surface area contributed by atoms with E-state index in [1.807, 2.05) is 0 Å². The molecule has 26 heavy (non-hydrogen) atoms. The van der Waals surface area contributed by atoms with E-state index in [-0.39, 0.29) is 6.54 Å². The molecule has 136 valence electrons. The van der Waals surface area contributed by atoms with Crippen molar-refractivity contribution in [2.24, 2.45) is 0 Å². The molecule has 0 aliphatic carbocycles. The molecule has 2 nitrogen and oxygen atoms in total. The summed E-state index contributed by atoms with van der Waals surface area (Å²) in [5.41, 5.74) is 0.146. The van der Waals surface area contributed by atoms with Crippen molar-refractivity contribution in [3.05, 3.63) is 77.5 Å². The third-order valence-corrected chi connectivity index (χ3v) is 3.77. The summed E-state index contributed by atoms with van der Waals surface area (Å²) in [4.78, 5) is 0. The molecular formula is C18H12F6N2. The topological polar surface area (TPSA) is 17.8 Å². The quantitative estimate of drug-likeness (QED) is 0.546. The summed E-state index contributed by atoms with van der Waals surface area (Å²) in [5, 5.41) is 4.25. The van der Waals surface area contributed by atoms with Gasteiger partial charge in [-0.15, -0.1) is 0 Å². The van der Waals surface area contributed by atoms with Crippen LogP contribution < -0.4 is 0 Å². The number of alkyl halides is 6. The highest BCUT2D eigenvalue weighted by atomic mass is 19.4. The van der Waals surface area contributed by atoms with Crippen molar-refractivity contribution < 1.29 is 26.3 Å². The van der Waals surface area contributed by atoms with Crippen LogP contribution in [0.5, 0.6) is 0 Å². The summed E-state index contributed by atoms with van der Waals surface area (Å²) in [7, 11) is 0. The molecule has 1 aromatic heterocycles. The lowest BCUT2D eigenvalue weighted by Gasteiger charge is -2.08. The number of hydrogen-bond donors (Lipinski definition) is 0. The summed E-state index contributed by atoms with van der Waals surface area (Å²) in [6, 6.07) is 11.0. The average molecular weight is 370 g/mol. The summed E-state index contributed by atoms with van der Waals surface area (Å²) in [5.74, 6) is 0. The Kier molecular flexibility index (Phi) is 4.52. The molecule has 0 saturated carbocycles. The first kappa shape index (κ1) is 18.0. The van der Waals surface area contributed by atoms with Gasteiger partial charge < -0.3 is 0 Å². The van der Waals surface area contributed by atoms with Crippen LogP contribution in [0.25, 0.3) is 11.3 Å². The molecule has 0 spiro atoms. The molecule has 0 amide bonds. The Labute approximate surface area is 144 Å². The van der Waals surface area contributed by atoms with E-state index in [0.29, 0.717) is 16.8 Å². The standard InChI is InChI=1S/C18H12F6N2/c19-17(20,21)14-5-1-12(2-6-14)11-26-10-9-16(25-26)13-3-7-15(8-4-13)18(22,23)24/h1-10H,11H2. The maximum absolute atomic E-state index is 12.6. The van der Waals surface area contributed by atoms with Gasteiger partial charge in [0.2, 0.25) is 0 Å². The van der Waals surface area contributed by atoms with Gasteiger partial charge in [-0.2, -0.15) is 31.4 Å². The van der Waals surface area contributed by atoms with Crippen LogP contribution in [-0.2, 0) is 18.9 Å². The fourth-order valence-corrected chi connectivity index (χ4v) is 2.42. The Morgan fingerprint density at radius 1 is 0.692 bits per heavy atom. The molecule has 2 aromatic carbocycles. The Morgan fingerprint density at radius 2 is 1.19 bits per heavy atom. The van der Waals surface area contributed by atoms with Crippen LogP contribution in [0.4, 0.5) is 26.3 Å². The van der Waals surface area contributed by atoms with Gasteiger partial charge in [0.15, 0.2) is 0 Å². The third-order valence-electron chi connectivity index (χ3n) is 3.77. The average Bonchev–Trinajstić information content (AvgIpc) is 3.02.